The number of aliphatic carboxylic acids is 4. The summed E-state index contributed by atoms with van der Waals surface area (Å²) in [6, 6.07) is 0. The van der Waals surface area contributed by atoms with Crippen LogP contribution in [-0.4, -0.2) is 79.2 Å². The van der Waals surface area contributed by atoms with E-state index in [0.29, 0.717) is 17.0 Å². The Kier molecular flexibility index (Phi) is 274. The molecular weight excluding hydrogens is 6500 g/mol. The van der Waals surface area contributed by atoms with Gasteiger partial charge in [0, 0.05) is 506 Å². The van der Waals surface area contributed by atoms with Gasteiger partial charge in [0.1, 0.15) is 0 Å². The monoisotopic (exact) mass is 6540 g/mol. The van der Waals surface area contributed by atoms with Crippen LogP contribution in [0.4, 0.5) is 0 Å². The van der Waals surface area contributed by atoms with Crippen molar-refractivity contribution >= 4 is 58.8 Å². The molecule has 0 bridgehead atoms. The zero-order valence-electron chi connectivity index (χ0n) is 42.3. The average Bonchev–Trinajstić information content (AvgIpc) is 3.08. The summed E-state index contributed by atoms with van der Waals surface area (Å²) in [5.74, 6) is -4.15. The third-order valence-corrected chi connectivity index (χ3v) is 12.6. The van der Waals surface area contributed by atoms with Gasteiger partial charge in [0.05, 0.1) is 0 Å². The minimum atomic E-state index is -1.27. The van der Waals surface area contributed by atoms with E-state index in [4.69, 9.17) is 20.4 Å². The van der Waals surface area contributed by atoms with Crippen LogP contribution in [0.15, 0.2) is 62.4 Å². The molecule has 12 nitrogen and oxygen atoms in total. The zero-order valence-corrected chi connectivity index (χ0v) is 136. The van der Waals surface area contributed by atoms with E-state index in [1.165, 1.54) is 116 Å². The standard InChI is InChI=1S/4C9H10NO2.32W/c1-4-7(9(11)12)8(5-2)10-6-3;1-4-7(6(3)10)8(5-2)9(11)12;1-4-6(3)8(10)7(5-2)9(11)12;1-4-6(3)7(5-2)8(10)9(11)12;;;;;;;;;;;;;;;;;;;;;;;;;;;;;;;;/h4*1-3H3,(H,11,12);;;;;;;;;;;;;;;;;;;;;;;;;;;;;;;;/q4*-1;;;;;;;;;;;;;;;;;;;;;;;;;;;;;;;;. The normalized spacial score (nSPS) is 8.85. The van der Waals surface area contributed by atoms with E-state index in [9.17, 15) is 24.6 Å². The maximum atomic E-state index is 10.9. The van der Waals surface area contributed by atoms with E-state index in [-0.39, 0.29) is 522 Å². The van der Waals surface area contributed by atoms with Crippen molar-refractivity contribution in [3.63, 3.8) is 0 Å². The smallest absolute Gasteiger partial charge is 0 e. The van der Waals surface area contributed by atoms with Crippen molar-refractivity contribution in [3.8, 4) is 0 Å². The Morgan fingerprint density at radius 2 is 0.625 bits per heavy atom. The van der Waals surface area contributed by atoms with Gasteiger partial charge in [-0.3, -0.25) is 0 Å². The summed E-state index contributed by atoms with van der Waals surface area (Å²) in [6.07, 6.45) is 8.03. The van der Waals surface area contributed by atoms with Gasteiger partial charge in [0.25, 0.3) is 0 Å². The fraction of sp³-hybridized carbons (Fsp3) is 0.333. The Hall–Kier alpha value is 16.5. The SMILES string of the molecule is C[C-]=C(C(=O)O)C(=N[C](C)=[W])[C](C)=[W].C[C-]=C(C(=O)O)C([C](C)=[W])=C(C)[N]=[W].C[C-]=C(C(=O)O)C([N]=[W])=C(C)[C](C)=[W].C[C](=[W])C(C)=C(C(=[N-])C(=O)O)[C](C)=[W].[W].[W].[W].[W].[W].[W].[W].[W].[W].[W].[W].[W].[W].[W].[W].[W].[W].[W].[W].[W].[W].[W].[W].[W]. The molecule has 0 aromatic rings. The Balaban J connectivity index is -0.0000000158. The van der Waals surface area contributed by atoms with Gasteiger partial charge in [0.15, 0.2) is 0 Å². The van der Waals surface area contributed by atoms with E-state index < -0.39 is 29.6 Å². The number of rotatable bonds is 16. The fourth-order valence-corrected chi connectivity index (χ4v) is 7.99. The minimum Gasteiger partial charge on any atom is 0 e. The van der Waals surface area contributed by atoms with Crippen LogP contribution in [0, 0.1) is 18.2 Å². The van der Waals surface area contributed by atoms with Crippen molar-refractivity contribution in [1.82, 2.24) is 0 Å². The molecule has 44 heteroatoms. The van der Waals surface area contributed by atoms with Crippen LogP contribution in [0.1, 0.15) is 83.1 Å². The van der Waals surface area contributed by atoms with Gasteiger partial charge in [-0.25, -0.2) is 0 Å². The number of hydrogen-bond donors (Lipinski definition) is 4. The first-order valence-electron chi connectivity index (χ1n) is 15.2. The molecule has 0 aliphatic rings. The number of carboxylic acid groups (broad SMARTS) is 4. The summed E-state index contributed by atoms with van der Waals surface area (Å²) in [6.45, 7) is 21.7. The summed E-state index contributed by atoms with van der Waals surface area (Å²) in [7, 11) is 0. The second-order valence-electron chi connectivity index (χ2n) is 10.3. The van der Waals surface area contributed by atoms with Crippen molar-refractivity contribution in [2.75, 3.05) is 0 Å². The number of allylic oxidation sites excluding steroid dienone is 6. The predicted octanol–water partition coefficient (Wildman–Crippen LogP) is 4.64. The number of carboxylic acids is 4. The van der Waals surface area contributed by atoms with Gasteiger partial charge < -0.3 is 0 Å². The quantitative estimate of drug-likeness (QED) is 0.0740. The van der Waals surface area contributed by atoms with E-state index in [1.807, 2.05) is 62.3 Å². The molecule has 0 radical (unpaired) electrons. The largest absolute Gasteiger partial charge is 0 e. The molecule has 80 heavy (non-hydrogen) atoms. The molecule has 0 aromatic heterocycles. The van der Waals surface area contributed by atoms with Crippen LogP contribution in [0.3, 0.4) is 0 Å². The summed E-state index contributed by atoms with van der Waals surface area (Å²) in [5.41, 5.74) is 4.93. The number of hydrogen-bond acceptors (Lipinski definition) is 7. The summed E-state index contributed by atoms with van der Waals surface area (Å²) >= 11 is 9.57. The van der Waals surface area contributed by atoms with Crippen molar-refractivity contribution in [3.05, 3.63) is 74.0 Å². The van der Waals surface area contributed by atoms with Gasteiger partial charge in [-0.15, -0.1) is 0 Å². The maximum absolute atomic E-state index is 10.9. The third kappa shape index (κ3) is 92.5. The molecule has 0 fully saturated rings. The first kappa shape index (κ1) is 188. The number of aliphatic imine (C=N–C) groups is 1. The molecule has 0 unspecified atom stereocenters. The molecule has 0 amide bonds. The molecule has 0 heterocycles. The minimum absolute atomic E-state index is 0. The molecule has 0 atom stereocenters. The Labute approximate surface area is 906 Å². The molecule has 448 valence electrons. The molecule has 0 aromatic carbocycles. The first-order chi connectivity index (χ1) is 25.6. The summed E-state index contributed by atoms with van der Waals surface area (Å²) in [4.78, 5) is 47.6. The number of carbonyl (C=O) groups is 4. The molecule has 0 saturated heterocycles. The molecule has 4 N–H and O–H groups in total. The third-order valence-electron chi connectivity index (χ3n) is 6.24. The van der Waals surface area contributed by atoms with Crippen molar-refractivity contribution < 1.29 is 701 Å². The molecule has 0 saturated carbocycles. The zero-order chi connectivity index (χ0) is 45.4. The average molecular weight is 6540 g/mol. The van der Waals surface area contributed by atoms with Gasteiger partial charge >= 0.3 is 423 Å². The van der Waals surface area contributed by atoms with Gasteiger partial charge in [0.2, 0.25) is 0 Å². The van der Waals surface area contributed by atoms with Gasteiger partial charge in [-0.05, 0) is 0 Å². The van der Waals surface area contributed by atoms with Crippen LogP contribution in [0.2, 0.25) is 0 Å². The van der Waals surface area contributed by atoms with E-state index in [1.54, 1.807) is 20.8 Å². The van der Waals surface area contributed by atoms with E-state index in [2.05, 4.69) is 30.2 Å². The van der Waals surface area contributed by atoms with Crippen molar-refractivity contribution in [2.45, 2.75) is 83.1 Å². The van der Waals surface area contributed by atoms with Crippen LogP contribution < -0.4 is 0 Å². The van der Waals surface area contributed by atoms with Crippen LogP contribution in [0.25, 0.3) is 5.41 Å². The molecule has 0 aliphatic heterocycles. The van der Waals surface area contributed by atoms with Crippen molar-refractivity contribution in [1.29, 1.82) is 0 Å². The van der Waals surface area contributed by atoms with E-state index >= 15 is 0 Å². The Morgan fingerprint density at radius 3 is 0.775 bits per heavy atom. The maximum Gasteiger partial charge on any atom is 0 e. The van der Waals surface area contributed by atoms with Gasteiger partial charge in [-0.2, -0.15) is 0 Å². The first-order valence-corrected chi connectivity index (χ1v) is 26.6. The number of nitrogens with zero attached hydrogens (tertiary/aromatic N) is 4. The molecule has 0 aliphatic carbocycles. The molecule has 0 rings (SSSR count). The Bertz CT molecular complexity index is 1960. The molecular formula is C36H40N4O8W32-4. The molecule has 0 spiro atoms. The summed E-state index contributed by atoms with van der Waals surface area (Å²) in [5, 5.41) is 44.9. The summed E-state index contributed by atoms with van der Waals surface area (Å²) < 4.78 is 14.2. The van der Waals surface area contributed by atoms with Crippen LogP contribution in [-0.2, 0) is 680 Å². The van der Waals surface area contributed by atoms with Gasteiger partial charge in [-0.1, -0.05) is 0 Å². The second kappa shape index (κ2) is 117. The predicted molar refractivity (Wildman–Crippen MR) is 191 cm³/mol. The van der Waals surface area contributed by atoms with Crippen LogP contribution in [0.5, 0.6) is 0 Å². The fourth-order valence-electron chi connectivity index (χ4n) is 3.48. The van der Waals surface area contributed by atoms with E-state index in [0.717, 1.165) is 85.2 Å². The van der Waals surface area contributed by atoms with Crippen LogP contribution >= 0.6 is 0 Å². The topological polar surface area (TPSA) is 209 Å². The Morgan fingerprint density at radius 1 is 0.362 bits per heavy atom. The van der Waals surface area contributed by atoms with Crippen molar-refractivity contribution in [2.24, 2.45) is 12.0 Å². The second-order valence-corrected chi connectivity index (χ2v) is 24.8.